The molecular formula is C15H20N2O3. The molecule has 0 atom stereocenters. The third-order valence-corrected chi connectivity index (χ3v) is 3.68. The standard InChI is InChI=1S/C15H20N2O3/c1-10-8-11(13(18)19)4-5-12(10)16-14(20)17-7-6-15(2,3)9-17/h4-5,8H,6-7,9H2,1-3H3,(H,16,20)(H,18,19). The van der Waals surface area contributed by atoms with Crippen LogP contribution in [0.2, 0.25) is 0 Å². The number of amides is 2. The Morgan fingerprint density at radius 2 is 2.05 bits per heavy atom. The molecule has 1 aromatic rings. The van der Waals surface area contributed by atoms with Crippen LogP contribution in [0.4, 0.5) is 10.5 Å². The second-order valence-corrected chi connectivity index (χ2v) is 6.10. The number of aryl methyl sites for hydroxylation is 1. The maximum atomic E-state index is 12.2. The highest BCUT2D eigenvalue weighted by atomic mass is 16.4. The van der Waals surface area contributed by atoms with Gasteiger partial charge in [0.15, 0.2) is 0 Å². The Kier molecular flexibility index (Phi) is 3.70. The summed E-state index contributed by atoms with van der Waals surface area (Å²) in [5, 5.41) is 11.8. The molecule has 0 radical (unpaired) electrons. The largest absolute Gasteiger partial charge is 0.478 e. The lowest BCUT2D eigenvalue weighted by molar-refractivity contribution is 0.0697. The zero-order chi connectivity index (χ0) is 14.9. The summed E-state index contributed by atoms with van der Waals surface area (Å²) in [6, 6.07) is 4.57. The van der Waals surface area contributed by atoms with Crippen molar-refractivity contribution >= 4 is 17.7 Å². The van der Waals surface area contributed by atoms with Crippen LogP contribution >= 0.6 is 0 Å². The zero-order valence-corrected chi connectivity index (χ0v) is 12.1. The smallest absolute Gasteiger partial charge is 0.335 e. The van der Waals surface area contributed by atoms with Crippen LogP contribution in [-0.2, 0) is 0 Å². The number of likely N-dealkylation sites (tertiary alicyclic amines) is 1. The lowest BCUT2D eigenvalue weighted by Crippen LogP contribution is -2.34. The number of benzene rings is 1. The molecule has 5 nitrogen and oxygen atoms in total. The molecular weight excluding hydrogens is 256 g/mol. The summed E-state index contributed by atoms with van der Waals surface area (Å²) in [5.74, 6) is -0.965. The van der Waals surface area contributed by atoms with E-state index in [1.165, 1.54) is 6.07 Å². The first kappa shape index (κ1) is 14.4. The molecule has 0 aliphatic carbocycles. The summed E-state index contributed by atoms with van der Waals surface area (Å²) in [6.07, 6.45) is 0.997. The number of nitrogens with one attached hydrogen (secondary N) is 1. The molecule has 2 N–H and O–H groups in total. The Bertz CT molecular complexity index is 552. The van der Waals surface area contributed by atoms with E-state index in [0.29, 0.717) is 5.69 Å². The topological polar surface area (TPSA) is 69.6 Å². The summed E-state index contributed by atoms with van der Waals surface area (Å²) in [5.41, 5.74) is 1.80. The van der Waals surface area contributed by atoms with Crippen molar-refractivity contribution < 1.29 is 14.7 Å². The molecule has 0 bridgehead atoms. The zero-order valence-electron chi connectivity index (χ0n) is 12.1. The first-order valence-corrected chi connectivity index (χ1v) is 6.68. The Balaban J connectivity index is 2.07. The molecule has 1 aromatic carbocycles. The van der Waals surface area contributed by atoms with Gasteiger partial charge in [0.25, 0.3) is 0 Å². The minimum Gasteiger partial charge on any atom is -0.478 e. The van der Waals surface area contributed by atoms with E-state index in [0.717, 1.165) is 25.1 Å². The summed E-state index contributed by atoms with van der Waals surface area (Å²) in [4.78, 5) is 24.8. The Labute approximate surface area is 118 Å². The van der Waals surface area contributed by atoms with Gasteiger partial charge in [-0.2, -0.15) is 0 Å². The van der Waals surface area contributed by atoms with Crippen molar-refractivity contribution in [2.24, 2.45) is 5.41 Å². The number of carboxylic acids is 1. The second-order valence-electron chi connectivity index (χ2n) is 6.10. The number of hydrogen-bond acceptors (Lipinski definition) is 2. The molecule has 1 aliphatic heterocycles. The molecule has 0 unspecified atom stereocenters. The Hall–Kier alpha value is -2.04. The fourth-order valence-electron chi connectivity index (χ4n) is 2.42. The maximum absolute atomic E-state index is 12.2. The first-order chi connectivity index (χ1) is 9.28. The number of carbonyl (C=O) groups excluding carboxylic acids is 1. The quantitative estimate of drug-likeness (QED) is 0.872. The molecule has 1 fully saturated rings. The SMILES string of the molecule is Cc1cc(C(=O)O)ccc1NC(=O)N1CCC(C)(C)C1. The molecule has 5 heteroatoms. The van der Waals surface area contributed by atoms with Crippen molar-refractivity contribution in [3.05, 3.63) is 29.3 Å². The number of carboxylic acid groups (broad SMARTS) is 1. The van der Waals surface area contributed by atoms with Gasteiger partial charge in [-0.3, -0.25) is 0 Å². The van der Waals surface area contributed by atoms with Gasteiger partial charge in [-0.25, -0.2) is 9.59 Å². The third kappa shape index (κ3) is 3.10. The summed E-state index contributed by atoms with van der Waals surface area (Å²) in [7, 11) is 0. The van der Waals surface area contributed by atoms with Gasteiger partial charge in [0.2, 0.25) is 0 Å². The highest BCUT2D eigenvalue weighted by molar-refractivity contribution is 5.92. The highest BCUT2D eigenvalue weighted by Gasteiger charge is 2.32. The van der Waals surface area contributed by atoms with Crippen molar-refractivity contribution in [1.29, 1.82) is 0 Å². The van der Waals surface area contributed by atoms with Crippen molar-refractivity contribution in [3.8, 4) is 0 Å². The minimum absolute atomic E-state index is 0.123. The van der Waals surface area contributed by atoms with Crippen LogP contribution in [-0.4, -0.2) is 35.1 Å². The van der Waals surface area contributed by atoms with E-state index in [4.69, 9.17) is 5.11 Å². The lowest BCUT2D eigenvalue weighted by Gasteiger charge is -2.20. The molecule has 1 saturated heterocycles. The third-order valence-electron chi connectivity index (χ3n) is 3.68. The molecule has 1 heterocycles. The van der Waals surface area contributed by atoms with Gasteiger partial charge in [0.1, 0.15) is 0 Å². The monoisotopic (exact) mass is 276 g/mol. The predicted molar refractivity (Wildman–Crippen MR) is 77.1 cm³/mol. The van der Waals surface area contributed by atoms with Crippen LogP contribution in [0.25, 0.3) is 0 Å². The van der Waals surface area contributed by atoms with Crippen LogP contribution in [0.15, 0.2) is 18.2 Å². The maximum Gasteiger partial charge on any atom is 0.335 e. The summed E-state index contributed by atoms with van der Waals surface area (Å²) in [6.45, 7) is 7.58. The fourth-order valence-corrected chi connectivity index (χ4v) is 2.42. The van der Waals surface area contributed by atoms with Gasteiger partial charge in [0, 0.05) is 18.8 Å². The lowest BCUT2D eigenvalue weighted by atomic mass is 9.93. The van der Waals surface area contributed by atoms with E-state index < -0.39 is 5.97 Å². The van der Waals surface area contributed by atoms with Gasteiger partial charge in [0.05, 0.1) is 5.56 Å². The molecule has 2 amide bonds. The normalized spacial score (nSPS) is 17.1. The molecule has 2 rings (SSSR count). The summed E-state index contributed by atoms with van der Waals surface area (Å²) >= 11 is 0. The van der Waals surface area contributed by atoms with Crippen LogP contribution in [0.5, 0.6) is 0 Å². The van der Waals surface area contributed by atoms with Crippen LogP contribution in [0.3, 0.4) is 0 Å². The van der Waals surface area contributed by atoms with E-state index >= 15 is 0 Å². The molecule has 0 spiro atoms. The number of hydrogen-bond donors (Lipinski definition) is 2. The van der Waals surface area contributed by atoms with Gasteiger partial charge >= 0.3 is 12.0 Å². The van der Waals surface area contributed by atoms with Crippen LogP contribution in [0, 0.1) is 12.3 Å². The van der Waals surface area contributed by atoms with E-state index in [1.807, 2.05) is 0 Å². The molecule has 20 heavy (non-hydrogen) atoms. The minimum atomic E-state index is -0.965. The number of carbonyl (C=O) groups is 2. The van der Waals surface area contributed by atoms with E-state index in [-0.39, 0.29) is 17.0 Å². The van der Waals surface area contributed by atoms with Gasteiger partial charge < -0.3 is 15.3 Å². The second kappa shape index (κ2) is 5.15. The van der Waals surface area contributed by atoms with E-state index in [9.17, 15) is 9.59 Å². The Morgan fingerprint density at radius 3 is 2.55 bits per heavy atom. The number of aromatic carboxylic acids is 1. The number of urea groups is 1. The molecule has 0 saturated carbocycles. The first-order valence-electron chi connectivity index (χ1n) is 6.68. The number of nitrogens with zero attached hydrogens (tertiary/aromatic N) is 1. The van der Waals surface area contributed by atoms with Crippen LogP contribution < -0.4 is 5.32 Å². The number of anilines is 1. The van der Waals surface area contributed by atoms with Crippen LogP contribution in [0.1, 0.15) is 36.2 Å². The highest BCUT2D eigenvalue weighted by Crippen LogP contribution is 2.29. The van der Waals surface area contributed by atoms with Gasteiger partial charge in [-0.15, -0.1) is 0 Å². The van der Waals surface area contributed by atoms with Crippen molar-refractivity contribution in [1.82, 2.24) is 4.90 Å². The average molecular weight is 276 g/mol. The molecule has 1 aliphatic rings. The number of rotatable bonds is 2. The van der Waals surface area contributed by atoms with Crippen molar-refractivity contribution in [2.75, 3.05) is 18.4 Å². The average Bonchev–Trinajstić information content (AvgIpc) is 2.72. The summed E-state index contributed by atoms with van der Waals surface area (Å²) < 4.78 is 0. The molecule has 0 aromatic heterocycles. The van der Waals surface area contributed by atoms with Gasteiger partial charge in [-0.05, 0) is 42.5 Å². The van der Waals surface area contributed by atoms with Gasteiger partial charge in [-0.1, -0.05) is 13.8 Å². The Morgan fingerprint density at radius 1 is 1.35 bits per heavy atom. The van der Waals surface area contributed by atoms with E-state index in [1.54, 1.807) is 24.0 Å². The fraction of sp³-hybridized carbons (Fsp3) is 0.467. The molecule has 108 valence electrons. The van der Waals surface area contributed by atoms with E-state index in [2.05, 4.69) is 19.2 Å². The predicted octanol–water partition coefficient (Wildman–Crippen LogP) is 2.96. The van der Waals surface area contributed by atoms with Crippen molar-refractivity contribution in [2.45, 2.75) is 27.2 Å². The van der Waals surface area contributed by atoms with Crippen molar-refractivity contribution in [3.63, 3.8) is 0 Å².